The number of likely N-dealkylation sites (N-methyl/N-ethyl adjacent to an activating group) is 1. The summed E-state index contributed by atoms with van der Waals surface area (Å²) in [7, 11) is 1.46. The third-order valence-electron chi connectivity index (χ3n) is 3.65. The summed E-state index contributed by atoms with van der Waals surface area (Å²) in [6.45, 7) is -0.294. The van der Waals surface area contributed by atoms with Crippen LogP contribution >= 0.6 is 7.82 Å². The molecule has 0 saturated heterocycles. The lowest BCUT2D eigenvalue weighted by atomic mass is 10.1. The Morgan fingerprint density at radius 3 is 2.11 bits per heavy atom. The van der Waals surface area contributed by atoms with Gasteiger partial charge in [0.25, 0.3) is 0 Å². The molecular weight excluding hydrogens is 393 g/mol. The zero-order chi connectivity index (χ0) is 21.6. The van der Waals surface area contributed by atoms with Crippen molar-refractivity contribution in [1.29, 1.82) is 0 Å². The van der Waals surface area contributed by atoms with Gasteiger partial charge in [0.1, 0.15) is 25.9 Å². The van der Waals surface area contributed by atoms with E-state index in [9.17, 15) is 24.2 Å². The van der Waals surface area contributed by atoms with Crippen molar-refractivity contribution in [1.82, 2.24) is 0 Å². The van der Waals surface area contributed by atoms with Gasteiger partial charge in [-0.2, -0.15) is 0 Å². The maximum Gasteiger partial charge on any atom is 0.472 e. The number of hydrogen-bond donors (Lipinski definition) is 3. The highest BCUT2D eigenvalue weighted by Gasteiger charge is 2.24. The summed E-state index contributed by atoms with van der Waals surface area (Å²) in [6, 6.07) is 0. The van der Waals surface area contributed by atoms with Crippen LogP contribution in [0.4, 0.5) is 0 Å². The van der Waals surface area contributed by atoms with Gasteiger partial charge in [0, 0.05) is 12.8 Å². The Kier molecular flexibility index (Phi) is 13.5. The molecule has 0 radical (unpaired) electrons. The highest BCUT2D eigenvalue weighted by Crippen LogP contribution is 2.43. The predicted molar refractivity (Wildman–Crippen MR) is 102 cm³/mol. The molecule has 0 heterocycles. The van der Waals surface area contributed by atoms with Crippen molar-refractivity contribution in [2.75, 3.05) is 47.5 Å². The molecule has 10 nitrogen and oxygen atoms in total. The highest BCUT2D eigenvalue weighted by atomic mass is 31.2. The first-order valence-corrected chi connectivity index (χ1v) is 10.9. The number of aliphatic hydroxyl groups is 1. The van der Waals surface area contributed by atoms with E-state index in [1.54, 1.807) is 0 Å². The zero-order valence-corrected chi connectivity index (χ0v) is 17.9. The van der Waals surface area contributed by atoms with Crippen molar-refractivity contribution in [3.05, 3.63) is 0 Å². The molecule has 0 bridgehead atoms. The van der Waals surface area contributed by atoms with Crippen LogP contribution in [0, 0.1) is 0 Å². The van der Waals surface area contributed by atoms with Crippen molar-refractivity contribution in [2.45, 2.75) is 51.0 Å². The molecule has 28 heavy (non-hydrogen) atoms. The van der Waals surface area contributed by atoms with E-state index in [-0.39, 0.29) is 26.1 Å². The van der Waals surface area contributed by atoms with E-state index < -0.39 is 32.5 Å². The van der Waals surface area contributed by atoms with Gasteiger partial charge in [-0.05, 0) is 12.8 Å². The van der Waals surface area contributed by atoms with Gasteiger partial charge < -0.3 is 24.3 Å². The van der Waals surface area contributed by atoms with Crippen molar-refractivity contribution < 1.29 is 47.5 Å². The van der Waals surface area contributed by atoms with Crippen LogP contribution in [0.2, 0.25) is 0 Å². The van der Waals surface area contributed by atoms with Gasteiger partial charge in [0.2, 0.25) is 0 Å². The van der Waals surface area contributed by atoms with Crippen LogP contribution in [0.25, 0.3) is 0 Å². The van der Waals surface area contributed by atoms with Gasteiger partial charge in [-0.15, -0.1) is 0 Å². The summed E-state index contributed by atoms with van der Waals surface area (Å²) >= 11 is 0. The normalized spacial score (nSPS) is 15.0. The average Bonchev–Trinajstić information content (AvgIpc) is 2.55. The Labute approximate surface area is 166 Å². The molecule has 0 aromatic heterocycles. The van der Waals surface area contributed by atoms with Crippen molar-refractivity contribution in [3.63, 3.8) is 0 Å². The lowest BCUT2D eigenvalue weighted by Gasteiger charge is -2.24. The Bertz CT molecular complexity index is 507. The van der Waals surface area contributed by atoms with Crippen LogP contribution in [-0.4, -0.2) is 85.1 Å². The first kappa shape index (κ1) is 27.0. The number of unbranched alkanes of at least 4 members (excludes halogenated alkanes) is 4. The molecule has 1 unspecified atom stereocenters. The van der Waals surface area contributed by atoms with E-state index in [1.807, 2.05) is 21.1 Å². The van der Waals surface area contributed by atoms with E-state index in [1.165, 1.54) is 0 Å². The van der Waals surface area contributed by atoms with Crippen LogP contribution in [0.1, 0.15) is 44.9 Å². The number of phosphoric acid groups is 1. The van der Waals surface area contributed by atoms with Gasteiger partial charge in [-0.3, -0.25) is 18.6 Å². The van der Waals surface area contributed by atoms with E-state index in [4.69, 9.17) is 18.9 Å². The number of aliphatic carboxylic acids is 1. The van der Waals surface area contributed by atoms with E-state index in [0.717, 1.165) is 19.3 Å². The van der Waals surface area contributed by atoms with Crippen molar-refractivity contribution in [2.24, 2.45) is 0 Å². The minimum atomic E-state index is -4.26. The largest absolute Gasteiger partial charge is 0.481 e. The Morgan fingerprint density at radius 2 is 1.54 bits per heavy atom. The highest BCUT2D eigenvalue weighted by molar-refractivity contribution is 7.47. The van der Waals surface area contributed by atoms with Crippen molar-refractivity contribution in [3.8, 4) is 0 Å². The molecule has 0 aliphatic rings. The molecule has 0 amide bonds. The number of quaternary nitrogens is 1. The third-order valence-corrected chi connectivity index (χ3v) is 4.64. The van der Waals surface area contributed by atoms with Crippen LogP contribution in [-0.2, 0) is 27.9 Å². The number of carboxylic acids is 1. The molecule has 0 spiro atoms. The second-order valence-corrected chi connectivity index (χ2v) is 9.06. The first-order valence-electron chi connectivity index (χ1n) is 9.39. The molecule has 0 rings (SSSR count). The summed E-state index contributed by atoms with van der Waals surface area (Å²) in [4.78, 5) is 31.5. The maximum atomic E-state index is 11.7. The fraction of sp³-hybridized carbons (Fsp3) is 0.882. The lowest BCUT2D eigenvalue weighted by Crippen LogP contribution is -2.37. The van der Waals surface area contributed by atoms with Gasteiger partial charge in [0.05, 0.1) is 27.7 Å². The smallest absolute Gasteiger partial charge is 0.472 e. The Hall–Kier alpha value is -1.03. The topological polar surface area (TPSA) is 140 Å². The molecule has 0 fully saturated rings. The molecule has 0 aromatic rings. The average molecular weight is 428 g/mol. The van der Waals surface area contributed by atoms with Crippen LogP contribution in [0.3, 0.4) is 0 Å². The first-order chi connectivity index (χ1) is 12.9. The SMILES string of the molecule is C[N+](C)(C)CCOP(=O)(O)OC[C@H](O)COC(=O)CCCCCCCC(=O)O. The molecule has 166 valence electrons. The molecular formula is C17H35NO9P+. The quantitative estimate of drug-likeness (QED) is 0.136. The van der Waals surface area contributed by atoms with Crippen LogP contribution < -0.4 is 0 Å². The van der Waals surface area contributed by atoms with Crippen LogP contribution in [0.15, 0.2) is 0 Å². The van der Waals surface area contributed by atoms with Gasteiger partial charge in [-0.25, -0.2) is 4.57 Å². The van der Waals surface area contributed by atoms with E-state index in [0.29, 0.717) is 23.9 Å². The summed E-state index contributed by atoms with van der Waals surface area (Å²) < 4.78 is 26.6. The monoisotopic (exact) mass is 428 g/mol. The second kappa shape index (κ2) is 14.0. The number of carbonyl (C=O) groups excluding carboxylic acids is 1. The lowest BCUT2D eigenvalue weighted by molar-refractivity contribution is -0.870. The van der Waals surface area contributed by atoms with Crippen molar-refractivity contribution >= 4 is 19.8 Å². The maximum absolute atomic E-state index is 11.7. The third kappa shape index (κ3) is 18.3. The minimum absolute atomic E-state index is 0.0265. The summed E-state index contributed by atoms with van der Waals surface area (Å²) in [5.41, 5.74) is 0. The fourth-order valence-corrected chi connectivity index (χ4v) is 2.78. The number of ether oxygens (including phenoxy) is 1. The summed E-state index contributed by atoms with van der Waals surface area (Å²) in [5.74, 6) is -1.28. The molecule has 2 atom stereocenters. The molecule has 0 aliphatic carbocycles. The summed E-state index contributed by atoms with van der Waals surface area (Å²) in [6.07, 6.45) is 2.79. The van der Waals surface area contributed by atoms with E-state index in [2.05, 4.69) is 0 Å². The number of carboxylic acid groups (broad SMARTS) is 1. The Morgan fingerprint density at radius 1 is 0.964 bits per heavy atom. The molecule has 11 heteroatoms. The molecule has 0 saturated carbocycles. The number of carbonyl (C=O) groups is 2. The van der Waals surface area contributed by atoms with E-state index >= 15 is 0 Å². The number of aliphatic hydroxyl groups excluding tert-OH is 1. The van der Waals surface area contributed by atoms with Gasteiger partial charge in [0.15, 0.2) is 0 Å². The number of esters is 1. The van der Waals surface area contributed by atoms with Gasteiger partial charge in [-0.1, -0.05) is 19.3 Å². The summed E-state index contributed by atoms with van der Waals surface area (Å²) in [5, 5.41) is 18.2. The minimum Gasteiger partial charge on any atom is -0.481 e. The number of nitrogens with zero attached hydrogens (tertiary/aromatic N) is 1. The number of phosphoric ester groups is 1. The number of hydrogen-bond acceptors (Lipinski definition) is 7. The second-order valence-electron chi connectivity index (χ2n) is 7.61. The molecule has 0 aliphatic heterocycles. The number of rotatable bonds is 17. The Balaban J connectivity index is 3.76. The predicted octanol–water partition coefficient (Wildman–Crippen LogP) is 1.55. The zero-order valence-electron chi connectivity index (χ0n) is 17.0. The molecule has 3 N–H and O–H groups in total. The standard InChI is InChI=1S/C17H34NO9P/c1-18(2,3)11-12-26-28(23,24)27-14-15(19)13-25-17(22)10-8-6-4-5-7-9-16(20)21/h15,19H,4-14H2,1-3H3,(H-,20,21,23,24)/p+1/t15-/m1/s1. The van der Waals surface area contributed by atoms with Crippen LogP contribution in [0.5, 0.6) is 0 Å². The fourth-order valence-electron chi connectivity index (χ4n) is 2.03. The van der Waals surface area contributed by atoms with Gasteiger partial charge >= 0.3 is 19.8 Å². The molecule has 0 aromatic carbocycles.